The summed E-state index contributed by atoms with van der Waals surface area (Å²) in [6.07, 6.45) is 3.23. The van der Waals surface area contributed by atoms with Gasteiger partial charge in [-0.2, -0.15) is 0 Å². The Balaban J connectivity index is 1.74. The molecule has 4 heteroatoms. The van der Waals surface area contributed by atoms with Crippen molar-refractivity contribution in [1.82, 2.24) is 10.6 Å². The first kappa shape index (κ1) is 10.9. The third kappa shape index (κ3) is 2.69. The van der Waals surface area contributed by atoms with Gasteiger partial charge in [-0.3, -0.25) is 4.79 Å². The van der Waals surface area contributed by atoms with Crippen LogP contribution in [0.25, 0.3) is 0 Å². The van der Waals surface area contributed by atoms with Crippen LogP contribution in [0.5, 0.6) is 0 Å². The molecule has 2 saturated heterocycles. The molecule has 4 nitrogen and oxygen atoms in total. The van der Waals surface area contributed by atoms with Crippen molar-refractivity contribution in [1.29, 1.82) is 0 Å². The molecule has 1 amide bonds. The zero-order valence-corrected chi connectivity index (χ0v) is 9.34. The van der Waals surface area contributed by atoms with Crippen LogP contribution in [0.4, 0.5) is 0 Å². The topological polar surface area (TPSA) is 50.4 Å². The van der Waals surface area contributed by atoms with E-state index >= 15 is 0 Å². The van der Waals surface area contributed by atoms with E-state index in [-0.39, 0.29) is 17.4 Å². The molecular formula is C11H20N2O2. The van der Waals surface area contributed by atoms with Crippen LogP contribution in [-0.4, -0.2) is 37.7 Å². The lowest BCUT2D eigenvalue weighted by atomic mass is 10.00. The molecule has 0 saturated carbocycles. The first-order chi connectivity index (χ1) is 7.20. The highest BCUT2D eigenvalue weighted by Crippen LogP contribution is 2.18. The lowest BCUT2D eigenvalue weighted by molar-refractivity contribution is -0.125. The van der Waals surface area contributed by atoms with E-state index in [0.29, 0.717) is 6.61 Å². The van der Waals surface area contributed by atoms with Crippen LogP contribution in [0.1, 0.15) is 26.2 Å². The molecule has 2 rings (SSSR count). The number of hydrogen-bond donors (Lipinski definition) is 2. The first-order valence-corrected chi connectivity index (χ1v) is 5.80. The van der Waals surface area contributed by atoms with Crippen LogP contribution in [-0.2, 0) is 9.53 Å². The summed E-state index contributed by atoms with van der Waals surface area (Å²) >= 11 is 0. The van der Waals surface area contributed by atoms with Gasteiger partial charge >= 0.3 is 0 Å². The van der Waals surface area contributed by atoms with E-state index in [1.807, 2.05) is 0 Å². The van der Waals surface area contributed by atoms with E-state index < -0.39 is 0 Å². The molecule has 2 fully saturated rings. The quantitative estimate of drug-likeness (QED) is 0.706. The van der Waals surface area contributed by atoms with E-state index in [9.17, 15) is 4.79 Å². The summed E-state index contributed by atoms with van der Waals surface area (Å²) in [5, 5.41) is 6.46. The Hall–Kier alpha value is -0.610. The summed E-state index contributed by atoms with van der Waals surface area (Å²) in [6, 6.07) is 0. The van der Waals surface area contributed by atoms with Gasteiger partial charge in [0, 0.05) is 18.7 Å². The van der Waals surface area contributed by atoms with E-state index in [2.05, 4.69) is 17.6 Å². The van der Waals surface area contributed by atoms with Crippen molar-refractivity contribution in [3.63, 3.8) is 0 Å². The smallest absolute Gasteiger partial charge is 0.225 e. The minimum absolute atomic E-state index is 0.0787. The molecule has 0 bridgehead atoms. The SMILES string of the molecule is CC1(CNC(=O)C2CCOC2)CCCN1. The average Bonchev–Trinajstić information content (AvgIpc) is 2.85. The fraction of sp³-hybridized carbons (Fsp3) is 0.909. The van der Waals surface area contributed by atoms with Gasteiger partial charge in [0.1, 0.15) is 0 Å². The van der Waals surface area contributed by atoms with Gasteiger partial charge in [-0.15, -0.1) is 0 Å². The normalized spacial score (nSPS) is 35.7. The molecule has 0 aromatic carbocycles. The molecule has 86 valence electrons. The van der Waals surface area contributed by atoms with Crippen molar-refractivity contribution >= 4 is 5.91 Å². The molecule has 0 aromatic heterocycles. The number of hydrogen-bond acceptors (Lipinski definition) is 3. The molecule has 2 heterocycles. The Bertz CT molecular complexity index is 231. The van der Waals surface area contributed by atoms with Gasteiger partial charge in [0.05, 0.1) is 12.5 Å². The van der Waals surface area contributed by atoms with Crippen LogP contribution >= 0.6 is 0 Å². The van der Waals surface area contributed by atoms with Gasteiger partial charge in [0.25, 0.3) is 0 Å². The number of carbonyl (C=O) groups excluding carboxylic acids is 1. The zero-order chi connectivity index (χ0) is 10.7. The third-order valence-corrected chi connectivity index (χ3v) is 3.41. The summed E-state index contributed by atoms with van der Waals surface area (Å²) in [4.78, 5) is 11.7. The largest absolute Gasteiger partial charge is 0.381 e. The minimum Gasteiger partial charge on any atom is -0.381 e. The van der Waals surface area contributed by atoms with Gasteiger partial charge in [0.2, 0.25) is 5.91 Å². The number of ether oxygens (including phenoxy) is 1. The molecule has 0 spiro atoms. The van der Waals surface area contributed by atoms with Crippen LogP contribution < -0.4 is 10.6 Å². The highest BCUT2D eigenvalue weighted by molar-refractivity contribution is 5.79. The molecule has 2 N–H and O–H groups in total. The molecule has 0 radical (unpaired) electrons. The molecular weight excluding hydrogens is 192 g/mol. The Labute approximate surface area is 90.8 Å². The molecule has 2 aliphatic rings. The van der Waals surface area contributed by atoms with Crippen molar-refractivity contribution in [2.45, 2.75) is 31.7 Å². The van der Waals surface area contributed by atoms with Gasteiger partial charge in [-0.05, 0) is 32.7 Å². The number of rotatable bonds is 3. The highest BCUT2D eigenvalue weighted by atomic mass is 16.5. The van der Waals surface area contributed by atoms with Crippen molar-refractivity contribution in [3.05, 3.63) is 0 Å². The van der Waals surface area contributed by atoms with Crippen LogP contribution in [0.3, 0.4) is 0 Å². The fourth-order valence-corrected chi connectivity index (χ4v) is 2.28. The van der Waals surface area contributed by atoms with Crippen molar-refractivity contribution in [3.8, 4) is 0 Å². The molecule has 0 aromatic rings. The molecule has 2 aliphatic heterocycles. The van der Waals surface area contributed by atoms with E-state index in [4.69, 9.17) is 4.74 Å². The lowest BCUT2D eigenvalue weighted by Crippen LogP contribution is -2.48. The summed E-state index contributed by atoms with van der Waals surface area (Å²) < 4.78 is 5.20. The Kier molecular flexibility index (Phi) is 3.26. The van der Waals surface area contributed by atoms with Crippen molar-refractivity contribution < 1.29 is 9.53 Å². The molecule has 0 aliphatic carbocycles. The summed E-state index contributed by atoms with van der Waals surface area (Å²) in [6.45, 7) is 5.30. The monoisotopic (exact) mass is 212 g/mol. The summed E-state index contributed by atoms with van der Waals surface area (Å²) in [5.41, 5.74) is 0.106. The van der Waals surface area contributed by atoms with Gasteiger partial charge in [-0.25, -0.2) is 0 Å². The van der Waals surface area contributed by atoms with E-state index in [1.54, 1.807) is 0 Å². The third-order valence-electron chi connectivity index (χ3n) is 3.41. The lowest BCUT2D eigenvalue weighted by Gasteiger charge is -2.25. The van der Waals surface area contributed by atoms with Crippen molar-refractivity contribution in [2.24, 2.45) is 5.92 Å². The van der Waals surface area contributed by atoms with Gasteiger partial charge in [-0.1, -0.05) is 0 Å². The van der Waals surface area contributed by atoms with Crippen LogP contribution in [0, 0.1) is 5.92 Å². The highest BCUT2D eigenvalue weighted by Gasteiger charge is 2.30. The Morgan fingerprint density at radius 2 is 2.53 bits per heavy atom. The van der Waals surface area contributed by atoms with Gasteiger partial charge in [0.15, 0.2) is 0 Å². The van der Waals surface area contributed by atoms with E-state index in [1.165, 1.54) is 6.42 Å². The average molecular weight is 212 g/mol. The maximum Gasteiger partial charge on any atom is 0.225 e. The fourth-order valence-electron chi connectivity index (χ4n) is 2.28. The summed E-state index contributed by atoms with van der Waals surface area (Å²) in [5.74, 6) is 0.234. The zero-order valence-electron chi connectivity index (χ0n) is 9.34. The van der Waals surface area contributed by atoms with Crippen molar-refractivity contribution in [2.75, 3.05) is 26.3 Å². The maximum absolute atomic E-state index is 11.7. The van der Waals surface area contributed by atoms with Gasteiger partial charge < -0.3 is 15.4 Å². The molecule has 15 heavy (non-hydrogen) atoms. The number of amides is 1. The molecule has 2 atom stereocenters. The first-order valence-electron chi connectivity index (χ1n) is 5.80. The predicted octanol–water partition coefficient (Wildman–Crippen LogP) is 0.281. The molecule has 2 unspecified atom stereocenters. The standard InChI is InChI=1S/C11H20N2O2/c1-11(4-2-5-13-11)8-12-10(14)9-3-6-15-7-9/h9,13H,2-8H2,1H3,(H,12,14). The van der Waals surface area contributed by atoms with Crippen LogP contribution in [0.2, 0.25) is 0 Å². The van der Waals surface area contributed by atoms with Crippen LogP contribution in [0.15, 0.2) is 0 Å². The number of nitrogens with one attached hydrogen (secondary N) is 2. The maximum atomic E-state index is 11.7. The Morgan fingerprint density at radius 1 is 1.67 bits per heavy atom. The second-order valence-corrected chi connectivity index (χ2v) is 4.87. The Morgan fingerprint density at radius 3 is 3.13 bits per heavy atom. The summed E-state index contributed by atoms with van der Waals surface area (Å²) in [7, 11) is 0. The second-order valence-electron chi connectivity index (χ2n) is 4.87. The number of carbonyl (C=O) groups is 1. The predicted molar refractivity (Wildman–Crippen MR) is 57.6 cm³/mol. The minimum atomic E-state index is 0.0787. The van der Waals surface area contributed by atoms with E-state index in [0.717, 1.165) is 32.5 Å². The second kappa shape index (κ2) is 4.49.